The Morgan fingerprint density at radius 2 is 2.00 bits per heavy atom. The van der Waals surface area contributed by atoms with Gasteiger partial charge in [-0.15, -0.1) is 0 Å². The summed E-state index contributed by atoms with van der Waals surface area (Å²) in [4.78, 5) is 17.8. The molecule has 4 nitrogen and oxygen atoms in total. The van der Waals surface area contributed by atoms with E-state index in [4.69, 9.17) is 4.74 Å². The first-order chi connectivity index (χ1) is 10.0. The summed E-state index contributed by atoms with van der Waals surface area (Å²) in [6, 6.07) is 4.37. The van der Waals surface area contributed by atoms with Crippen LogP contribution in [0.3, 0.4) is 0 Å². The molecule has 1 aromatic heterocycles. The Labute approximate surface area is 127 Å². The van der Waals surface area contributed by atoms with Crippen molar-refractivity contribution in [2.45, 2.75) is 45.4 Å². The fraction of sp³-hybridized carbons (Fsp3) is 0.647. The van der Waals surface area contributed by atoms with Crippen molar-refractivity contribution < 1.29 is 9.53 Å². The molecule has 1 aliphatic rings. The van der Waals surface area contributed by atoms with Crippen LogP contribution < -0.4 is 0 Å². The van der Waals surface area contributed by atoms with Crippen molar-refractivity contribution in [3.8, 4) is 0 Å². The Hall–Kier alpha value is -1.58. The fourth-order valence-electron chi connectivity index (χ4n) is 2.83. The zero-order valence-corrected chi connectivity index (χ0v) is 13.5. The van der Waals surface area contributed by atoms with Crippen molar-refractivity contribution in [2.24, 2.45) is 5.92 Å². The number of nitrogens with zero attached hydrogens (tertiary/aromatic N) is 2. The molecular weight excluding hydrogens is 264 g/mol. The smallest absolute Gasteiger partial charge is 0.409 e. The fourth-order valence-corrected chi connectivity index (χ4v) is 2.83. The molecule has 1 unspecified atom stereocenters. The summed E-state index contributed by atoms with van der Waals surface area (Å²) < 4.78 is 4.78. The van der Waals surface area contributed by atoms with E-state index in [1.165, 1.54) is 18.4 Å². The summed E-state index contributed by atoms with van der Waals surface area (Å²) in [6.45, 7) is 8.24. The molecule has 1 atom stereocenters. The van der Waals surface area contributed by atoms with Crippen molar-refractivity contribution in [2.75, 3.05) is 20.2 Å². The normalized spacial score (nSPS) is 17.9. The van der Waals surface area contributed by atoms with E-state index >= 15 is 0 Å². The molecule has 0 aromatic carbocycles. The van der Waals surface area contributed by atoms with Crippen LogP contribution in [-0.4, -0.2) is 36.2 Å². The topological polar surface area (TPSA) is 42.4 Å². The third kappa shape index (κ3) is 3.74. The van der Waals surface area contributed by atoms with Gasteiger partial charge in [-0.1, -0.05) is 20.8 Å². The Morgan fingerprint density at radius 3 is 2.57 bits per heavy atom. The highest BCUT2D eigenvalue weighted by Crippen LogP contribution is 2.30. The predicted octanol–water partition coefficient (Wildman–Crippen LogP) is 3.79. The molecule has 4 heteroatoms. The van der Waals surface area contributed by atoms with Crippen LogP contribution in [0, 0.1) is 5.92 Å². The monoisotopic (exact) mass is 290 g/mol. The molecule has 1 amide bonds. The molecule has 21 heavy (non-hydrogen) atoms. The number of carbonyl (C=O) groups is 1. The SMILES string of the molecule is COC(=O)N1CCC(c2ccnc(C(C)C(C)C)c2)CC1. The first-order valence-corrected chi connectivity index (χ1v) is 7.81. The van der Waals surface area contributed by atoms with E-state index in [1.807, 2.05) is 6.20 Å². The van der Waals surface area contributed by atoms with Gasteiger partial charge in [0.05, 0.1) is 7.11 Å². The van der Waals surface area contributed by atoms with Gasteiger partial charge in [0.1, 0.15) is 0 Å². The van der Waals surface area contributed by atoms with Crippen molar-refractivity contribution in [3.05, 3.63) is 29.6 Å². The van der Waals surface area contributed by atoms with Crippen LogP contribution >= 0.6 is 0 Å². The lowest BCUT2D eigenvalue weighted by atomic mass is 9.87. The van der Waals surface area contributed by atoms with E-state index in [-0.39, 0.29) is 6.09 Å². The second kappa shape index (κ2) is 6.92. The molecule has 1 fully saturated rings. The first-order valence-electron chi connectivity index (χ1n) is 7.81. The molecule has 0 radical (unpaired) electrons. The van der Waals surface area contributed by atoms with Gasteiger partial charge in [-0.25, -0.2) is 4.79 Å². The van der Waals surface area contributed by atoms with Crippen LogP contribution in [0.1, 0.15) is 56.7 Å². The minimum absolute atomic E-state index is 0.211. The van der Waals surface area contributed by atoms with Crippen molar-refractivity contribution in [3.63, 3.8) is 0 Å². The van der Waals surface area contributed by atoms with Crippen LogP contribution in [0.5, 0.6) is 0 Å². The third-order valence-corrected chi connectivity index (χ3v) is 4.67. The molecule has 0 saturated carbocycles. The molecule has 0 aliphatic carbocycles. The number of hydrogen-bond acceptors (Lipinski definition) is 3. The van der Waals surface area contributed by atoms with Gasteiger partial charge in [0.15, 0.2) is 0 Å². The van der Waals surface area contributed by atoms with E-state index in [0.29, 0.717) is 17.8 Å². The number of carbonyl (C=O) groups excluding carboxylic acids is 1. The highest BCUT2D eigenvalue weighted by molar-refractivity contribution is 5.67. The van der Waals surface area contributed by atoms with Crippen LogP contribution in [0.15, 0.2) is 18.3 Å². The lowest BCUT2D eigenvalue weighted by Crippen LogP contribution is -2.37. The zero-order valence-electron chi connectivity index (χ0n) is 13.5. The maximum Gasteiger partial charge on any atom is 0.409 e. The average molecular weight is 290 g/mol. The average Bonchev–Trinajstić information content (AvgIpc) is 2.53. The molecule has 2 rings (SSSR count). The van der Waals surface area contributed by atoms with Crippen LogP contribution in [0.25, 0.3) is 0 Å². The third-order valence-electron chi connectivity index (χ3n) is 4.67. The highest BCUT2D eigenvalue weighted by Gasteiger charge is 2.24. The van der Waals surface area contributed by atoms with E-state index in [0.717, 1.165) is 25.9 Å². The van der Waals surface area contributed by atoms with Crippen molar-refractivity contribution in [1.82, 2.24) is 9.88 Å². The Bertz CT molecular complexity index is 479. The summed E-state index contributed by atoms with van der Waals surface area (Å²) in [6.07, 6.45) is 3.71. The number of rotatable bonds is 3. The van der Waals surface area contributed by atoms with E-state index in [9.17, 15) is 4.79 Å². The quantitative estimate of drug-likeness (QED) is 0.850. The minimum atomic E-state index is -0.211. The Kier molecular flexibility index (Phi) is 5.21. The van der Waals surface area contributed by atoms with E-state index in [1.54, 1.807) is 4.90 Å². The molecule has 0 spiro atoms. The molecule has 2 heterocycles. The molecule has 0 bridgehead atoms. The number of piperidine rings is 1. The predicted molar refractivity (Wildman–Crippen MR) is 83.4 cm³/mol. The Morgan fingerprint density at radius 1 is 1.33 bits per heavy atom. The molecule has 0 N–H and O–H groups in total. The maximum atomic E-state index is 11.5. The second-order valence-corrected chi connectivity index (χ2v) is 6.28. The number of ether oxygens (including phenoxy) is 1. The molecular formula is C17H26N2O2. The lowest BCUT2D eigenvalue weighted by molar-refractivity contribution is 0.112. The van der Waals surface area contributed by atoms with Gasteiger partial charge in [-0.2, -0.15) is 0 Å². The summed E-state index contributed by atoms with van der Waals surface area (Å²) in [7, 11) is 1.44. The molecule has 1 saturated heterocycles. The summed E-state index contributed by atoms with van der Waals surface area (Å²) in [5.74, 6) is 1.58. The Balaban J connectivity index is 2.04. The van der Waals surface area contributed by atoms with Gasteiger partial charge >= 0.3 is 6.09 Å². The largest absolute Gasteiger partial charge is 0.453 e. The molecule has 1 aromatic rings. The maximum absolute atomic E-state index is 11.5. The number of aromatic nitrogens is 1. The van der Waals surface area contributed by atoms with E-state index < -0.39 is 0 Å². The summed E-state index contributed by atoms with van der Waals surface area (Å²) in [5, 5.41) is 0. The number of methoxy groups -OCH3 is 1. The number of likely N-dealkylation sites (tertiary alicyclic amines) is 1. The van der Waals surface area contributed by atoms with Gasteiger partial charge in [0.2, 0.25) is 0 Å². The van der Waals surface area contributed by atoms with Crippen molar-refractivity contribution >= 4 is 6.09 Å². The standard InChI is InChI=1S/C17H26N2O2/c1-12(2)13(3)16-11-15(5-8-18-16)14-6-9-19(10-7-14)17(20)21-4/h5,8,11-14H,6-7,9-10H2,1-4H3. The molecule has 116 valence electrons. The lowest BCUT2D eigenvalue weighted by Gasteiger charge is -2.31. The highest BCUT2D eigenvalue weighted by atomic mass is 16.5. The minimum Gasteiger partial charge on any atom is -0.453 e. The van der Waals surface area contributed by atoms with Gasteiger partial charge in [0.25, 0.3) is 0 Å². The van der Waals surface area contributed by atoms with Gasteiger partial charge < -0.3 is 9.64 Å². The number of amides is 1. The summed E-state index contributed by atoms with van der Waals surface area (Å²) in [5.41, 5.74) is 2.54. The van der Waals surface area contributed by atoms with Crippen molar-refractivity contribution in [1.29, 1.82) is 0 Å². The number of pyridine rings is 1. The second-order valence-electron chi connectivity index (χ2n) is 6.28. The zero-order chi connectivity index (χ0) is 15.4. The van der Waals surface area contributed by atoms with Gasteiger partial charge in [-0.3, -0.25) is 4.98 Å². The van der Waals surface area contributed by atoms with Crippen LogP contribution in [0.4, 0.5) is 4.79 Å². The molecule has 1 aliphatic heterocycles. The van der Waals surface area contributed by atoms with E-state index in [2.05, 4.69) is 37.9 Å². The van der Waals surface area contributed by atoms with Gasteiger partial charge in [-0.05, 0) is 42.4 Å². The van der Waals surface area contributed by atoms with Crippen LogP contribution in [-0.2, 0) is 4.74 Å². The first kappa shape index (κ1) is 15.8. The van der Waals surface area contributed by atoms with Gasteiger partial charge in [0, 0.05) is 30.9 Å². The summed E-state index contributed by atoms with van der Waals surface area (Å²) >= 11 is 0. The van der Waals surface area contributed by atoms with Crippen LogP contribution in [0.2, 0.25) is 0 Å². The number of hydrogen-bond donors (Lipinski definition) is 0.